The third-order valence-electron chi connectivity index (χ3n) is 7.57. The first-order chi connectivity index (χ1) is 26.5. The van der Waals surface area contributed by atoms with Crippen LogP contribution in [0.4, 0.5) is 40.3 Å². The predicted molar refractivity (Wildman–Crippen MR) is 228 cm³/mol. The van der Waals surface area contributed by atoms with Crippen LogP contribution in [0.3, 0.4) is 0 Å². The first kappa shape index (κ1) is 47.7. The van der Waals surface area contributed by atoms with E-state index in [1.165, 1.54) is 13.2 Å². The van der Waals surface area contributed by atoms with Crippen molar-refractivity contribution in [1.29, 1.82) is 0 Å². The van der Waals surface area contributed by atoms with Crippen LogP contribution in [0.15, 0.2) is 57.5 Å². The number of hydrogen-bond donors (Lipinski definition) is 6. The predicted octanol–water partition coefficient (Wildman–Crippen LogP) is 9.26. The molecular weight excluding hydrogens is 1100 g/mol. The van der Waals surface area contributed by atoms with Crippen LogP contribution in [0.2, 0.25) is 0 Å². The van der Waals surface area contributed by atoms with E-state index in [-0.39, 0.29) is 51.3 Å². The van der Waals surface area contributed by atoms with Crippen molar-refractivity contribution in [2.45, 2.75) is 45.8 Å². The lowest BCUT2D eigenvalue weighted by molar-refractivity contribution is -0.0365. The van der Waals surface area contributed by atoms with E-state index >= 15 is 0 Å². The van der Waals surface area contributed by atoms with E-state index in [4.69, 9.17) is 14.4 Å². The summed E-state index contributed by atoms with van der Waals surface area (Å²) in [4.78, 5) is 34.9. The summed E-state index contributed by atoms with van der Waals surface area (Å²) in [6, 6.07) is 13.1. The highest BCUT2D eigenvalue weighted by atomic mass is 127. The Kier molecular flexibility index (Phi) is 19.7. The molecule has 304 valence electrons. The summed E-state index contributed by atoms with van der Waals surface area (Å²) in [5, 5.41) is 24.8. The van der Waals surface area contributed by atoms with Crippen molar-refractivity contribution in [3.63, 3.8) is 0 Å². The largest absolute Gasteiger partial charge is 0.391 e. The molecule has 2 amide bonds. The van der Waals surface area contributed by atoms with Gasteiger partial charge in [-0.25, -0.2) is 28.5 Å². The van der Waals surface area contributed by atoms with E-state index in [1.807, 2.05) is 26.0 Å². The molecule has 6 N–H and O–H groups in total. The second kappa shape index (κ2) is 23.1. The van der Waals surface area contributed by atoms with E-state index in [0.717, 1.165) is 30.8 Å². The Hall–Kier alpha value is -2.64. The molecule has 0 aliphatic heterocycles. The van der Waals surface area contributed by atoms with Crippen molar-refractivity contribution in [2.24, 2.45) is 0 Å². The van der Waals surface area contributed by atoms with Gasteiger partial charge in [0.2, 0.25) is 0 Å². The zero-order valence-electron chi connectivity index (χ0n) is 30.3. The summed E-state index contributed by atoms with van der Waals surface area (Å²) in [6.07, 6.45) is -0.396. The number of anilines is 4. The number of carbonyl (C=O) groups excluding carboxylic acids is 2. The Balaban J connectivity index is 0.000000300. The maximum atomic E-state index is 14.6. The van der Waals surface area contributed by atoms with Crippen LogP contribution in [-0.2, 0) is 14.4 Å². The monoisotopic (exact) mass is 1140 g/mol. The highest BCUT2D eigenvalue weighted by Crippen LogP contribution is 2.34. The van der Waals surface area contributed by atoms with Gasteiger partial charge in [-0.2, -0.15) is 0 Å². The van der Waals surface area contributed by atoms with E-state index in [2.05, 4.69) is 98.6 Å². The number of hydrogen-bond acceptors (Lipinski definition) is 9. The number of aliphatic hydroxyl groups excluding tert-OH is 2. The Morgan fingerprint density at radius 1 is 0.696 bits per heavy atom. The summed E-state index contributed by atoms with van der Waals surface area (Å²) >= 11 is 10.1. The van der Waals surface area contributed by atoms with Gasteiger partial charge < -0.3 is 25.6 Å². The van der Waals surface area contributed by atoms with Crippen molar-refractivity contribution in [2.75, 3.05) is 37.6 Å². The molecule has 0 saturated carbocycles. The van der Waals surface area contributed by atoms with Crippen LogP contribution in [0.1, 0.15) is 51.6 Å². The average molecular weight is 1140 g/mol. The number of amides is 2. The van der Waals surface area contributed by atoms with E-state index in [1.54, 1.807) is 31.2 Å². The van der Waals surface area contributed by atoms with Crippen molar-refractivity contribution >= 4 is 112 Å². The molecule has 4 aromatic rings. The second-order valence-corrected chi connectivity index (χ2v) is 16.2. The van der Waals surface area contributed by atoms with Crippen molar-refractivity contribution in [1.82, 2.24) is 11.0 Å². The summed E-state index contributed by atoms with van der Waals surface area (Å²) in [6.45, 7) is 5.21. The van der Waals surface area contributed by atoms with Crippen LogP contribution >= 0.6 is 77.0 Å². The molecular formula is C37H38Br2F4I2N4O7. The zero-order chi connectivity index (χ0) is 41.7. The van der Waals surface area contributed by atoms with Gasteiger partial charge in [-0.15, -0.1) is 0 Å². The van der Waals surface area contributed by atoms with Crippen LogP contribution in [0, 0.1) is 44.3 Å². The molecule has 2 atom stereocenters. The third kappa shape index (κ3) is 13.7. The van der Waals surface area contributed by atoms with Gasteiger partial charge in [0.05, 0.1) is 44.2 Å². The molecule has 0 saturated heterocycles. The standard InChI is InChI=1S/C19H20BrF2IN2O3.C18H18BrF2IN2O4/c1-3-4-12(26)9-28-25-19(27)13-8-14(20)16(21)17(22)18(13)24-15-6-5-11(23)7-10(15)2;1-9-5-10(22)3-4-14(9)23-17-12(6-13(19)15(20)16(17)21)18(26)24-28-8-11(25)7-27-2/h5-8,12,24,26H,3-4,9H2,1-2H3,(H,25,27);3-6,11,23,25H,7-8H2,1-2H3,(H,24,26). The Bertz CT molecular complexity index is 1880. The van der Waals surface area contributed by atoms with Gasteiger partial charge in [-0.1, -0.05) is 13.3 Å². The average Bonchev–Trinajstić information content (AvgIpc) is 3.14. The fourth-order valence-corrected chi connectivity index (χ4v) is 6.87. The van der Waals surface area contributed by atoms with E-state index < -0.39 is 47.3 Å². The molecule has 0 fully saturated rings. The normalized spacial score (nSPS) is 12.0. The van der Waals surface area contributed by atoms with Gasteiger partial charge in [-0.05, 0) is 157 Å². The number of halogens is 8. The number of benzene rings is 4. The highest BCUT2D eigenvalue weighted by Gasteiger charge is 2.24. The van der Waals surface area contributed by atoms with Gasteiger partial charge in [-0.3, -0.25) is 19.3 Å². The number of aliphatic hydroxyl groups is 2. The summed E-state index contributed by atoms with van der Waals surface area (Å²) < 4.78 is 63.7. The van der Waals surface area contributed by atoms with Crippen molar-refractivity contribution in [3.05, 3.63) is 110 Å². The fourth-order valence-electron chi connectivity index (χ4n) is 4.77. The maximum Gasteiger partial charge on any atom is 0.277 e. The van der Waals surface area contributed by atoms with Crippen molar-refractivity contribution in [3.8, 4) is 0 Å². The highest BCUT2D eigenvalue weighted by molar-refractivity contribution is 14.1. The molecule has 0 aliphatic carbocycles. The Morgan fingerprint density at radius 2 is 1.11 bits per heavy atom. The number of hydroxylamine groups is 2. The third-order valence-corrected chi connectivity index (χ3v) is 10.1. The molecule has 0 spiro atoms. The van der Waals surface area contributed by atoms with Crippen LogP contribution < -0.4 is 21.6 Å². The van der Waals surface area contributed by atoms with E-state index in [0.29, 0.717) is 17.8 Å². The van der Waals surface area contributed by atoms with Crippen LogP contribution in [0.25, 0.3) is 0 Å². The lowest BCUT2D eigenvalue weighted by Crippen LogP contribution is -2.30. The molecule has 19 heteroatoms. The molecule has 0 aliphatic rings. The minimum atomic E-state index is -1.21. The molecule has 0 heterocycles. The zero-order valence-corrected chi connectivity index (χ0v) is 37.8. The Labute approximate surface area is 365 Å². The number of nitrogens with one attached hydrogen (secondary N) is 4. The molecule has 2 unspecified atom stereocenters. The lowest BCUT2D eigenvalue weighted by Gasteiger charge is -2.16. The molecule has 0 aromatic heterocycles. The minimum absolute atomic E-state index is 0.0193. The SMILES string of the molecule is CCCC(O)CONC(=O)c1cc(Br)c(F)c(F)c1Nc1ccc(I)cc1C.COCC(O)CONC(=O)c1cc(Br)c(F)c(F)c1Nc1ccc(I)cc1C. The van der Waals surface area contributed by atoms with Gasteiger partial charge in [0.1, 0.15) is 19.3 Å². The Morgan fingerprint density at radius 3 is 1.48 bits per heavy atom. The minimum Gasteiger partial charge on any atom is -0.391 e. The molecule has 0 bridgehead atoms. The molecule has 4 rings (SSSR count). The lowest BCUT2D eigenvalue weighted by atomic mass is 10.1. The number of methoxy groups -OCH3 is 1. The van der Waals surface area contributed by atoms with Gasteiger partial charge in [0.25, 0.3) is 11.8 Å². The van der Waals surface area contributed by atoms with Gasteiger partial charge in [0.15, 0.2) is 23.3 Å². The number of carbonyl (C=O) groups is 2. The molecule has 56 heavy (non-hydrogen) atoms. The first-order valence-electron chi connectivity index (χ1n) is 16.6. The number of aryl methyl sites for hydroxylation is 2. The van der Waals surface area contributed by atoms with Crippen LogP contribution in [0.5, 0.6) is 0 Å². The number of rotatable bonds is 16. The summed E-state index contributed by atoms with van der Waals surface area (Å²) in [5.41, 5.74) is 5.97. The fraction of sp³-hybridized carbons (Fsp3) is 0.297. The summed E-state index contributed by atoms with van der Waals surface area (Å²) in [7, 11) is 1.41. The van der Waals surface area contributed by atoms with Gasteiger partial charge >= 0.3 is 0 Å². The smallest absolute Gasteiger partial charge is 0.277 e. The topological polar surface area (TPSA) is 150 Å². The summed E-state index contributed by atoms with van der Waals surface area (Å²) in [5.74, 6) is -6.22. The molecule has 0 radical (unpaired) electrons. The number of ether oxygens (including phenoxy) is 1. The van der Waals surface area contributed by atoms with Gasteiger partial charge in [0, 0.05) is 25.6 Å². The molecule has 11 nitrogen and oxygen atoms in total. The molecule has 4 aromatic carbocycles. The van der Waals surface area contributed by atoms with Crippen LogP contribution in [-0.4, -0.2) is 61.2 Å². The van der Waals surface area contributed by atoms with Crippen molar-refractivity contribution < 1.29 is 51.8 Å². The first-order valence-corrected chi connectivity index (χ1v) is 20.3. The maximum absolute atomic E-state index is 14.6. The quantitative estimate of drug-likeness (QED) is 0.0280. The van der Waals surface area contributed by atoms with E-state index in [9.17, 15) is 37.4 Å². The second-order valence-electron chi connectivity index (χ2n) is 12.0.